The van der Waals surface area contributed by atoms with Gasteiger partial charge < -0.3 is 16.2 Å². The molecule has 0 aromatic heterocycles. The minimum Gasteiger partial charge on any atom is -0.480 e. The summed E-state index contributed by atoms with van der Waals surface area (Å²) < 4.78 is 0. The summed E-state index contributed by atoms with van der Waals surface area (Å²) in [5.41, 5.74) is 6.39. The van der Waals surface area contributed by atoms with E-state index in [1.54, 1.807) is 31.2 Å². The molecule has 0 aliphatic heterocycles. The molecule has 1 aromatic rings. The van der Waals surface area contributed by atoms with Crippen LogP contribution in [0.1, 0.15) is 24.9 Å². The Morgan fingerprint density at radius 3 is 2.41 bits per heavy atom. The Hall–Kier alpha value is -1.88. The number of rotatable bonds is 5. The molecule has 17 heavy (non-hydrogen) atoms. The van der Waals surface area contributed by atoms with Crippen LogP contribution in [0.4, 0.5) is 0 Å². The van der Waals surface area contributed by atoms with Gasteiger partial charge in [0.05, 0.1) is 0 Å². The van der Waals surface area contributed by atoms with Crippen molar-refractivity contribution in [2.75, 3.05) is 0 Å². The van der Waals surface area contributed by atoms with E-state index in [1.165, 1.54) is 0 Å². The first-order valence-electron chi connectivity index (χ1n) is 5.40. The molecule has 0 spiro atoms. The number of aliphatic carboxylic acids is 1. The Labute approximate surface area is 99.6 Å². The molecule has 1 rings (SSSR count). The summed E-state index contributed by atoms with van der Waals surface area (Å²) >= 11 is 0. The fraction of sp³-hybridized carbons (Fsp3) is 0.333. The van der Waals surface area contributed by atoms with Gasteiger partial charge >= 0.3 is 5.97 Å². The lowest BCUT2D eigenvalue weighted by Gasteiger charge is -2.16. The predicted octanol–water partition coefficient (Wildman–Crippen LogP) is 0.666. The van der Waals surface area contributed by atoms with Crippen molar-refractivity contribution >= 4 is 11.9 Å². The lowest BCUT2D eigenvalue weighted by Crippen LogP contribution is -2.44. The molecule has 0 saturated heterocycles. The second kappa shape index (κ2) is 6.00. The number of carbonyl (C=O) groups is 2. The SMILES string of the molecule is CC[C@@H](NC(=O)[C@H](N)c1ccccc1)C(=O)O. The molecule has 5 heteroatoms. The molecule has 5 nitrogen and oxygen atoms in total. The molecular weight excluding hydrogens is 220 g/mol. The standard InChI is InChI=1S/C12H16N2O3/c1-2-9(12(16)17)14-11(15)10(13)8-6-4-3-5-7-8/h3-7,9-10H,2,13H2,1H3,(H,14,15)(H,16,17)/t9-,10-/m1/s1. The van der Waals surface area contributed by atoms with Gasteiger partial charge in [0, 0.05) is 0 Å². The van der Waals surface area contributed by atoms with Crippen molar-refractivity contribution in [2.24, 2.45) is 5.73 Å². The third-order valence-electron chi connectivity index (χ3n) is 2.46. The highest BCUT2D eigenvalue weighted by atomic mass is 16.4. The molecule has 4 N–H and O–H groups in total. The zero-order chi connectivity index (χ0) is 12.8. The quantitative estimate of drug-likeness (QED) is 0.700. The maximum absolute atomic E-state index is 11.7. The second-order valence-corrected chi connectivity index (χ2v) is 3.70. The number of carbonyl (C=O) groups excluding carboxylic acids is 1. The van der Waals surface area contributed by atoms with E-state index in [4.69, 9.17) is 10.8 Å². The van der Waals surface area contributed by atoms with Gasteiger partial charge in [-0.15, -0.1) is 0 Å². The smallest absolute Gasteiger partial charge is 0.326 e. The number of benzene rings is 1. The first kappa shape index (κ1) is 13.2. The number of carboxylic acids is 1. The van der Waals surface area contributed by atoms with Crippen molar-refractivity contribution < 1.29 is 14.7 Å². The second-order valence-electron chi connectivity index (χ2n) is 3.70. The van der Waals surface area contributed by atoms with Gasteiger partial charge in [-0.25, -0.2) is 4.79 Å². The van der Waals surface area contributed by atoms with E-state index in [2.05, 4.69) is 5.32 Å². The van der Waals surface area contributed by atoms with Crippen molar-refractivity contribution in [3.05, 3.63) is 35.9 Å². The van der Waals surface area contributed by atoms with Crippen LogP contribution < -0.4 is 11.1 Å². The highest BCUT2D eigenvalue weighted by molar-refractivity contribution is 5.87. The van der Waals surface area contributed by atoms with Crippen molar-refractivity contribution in [3.63, 3.8) is 0 Å². The van der Waals surface area contributed by atoms with Crippen LogP contribution in [0.15, 0.2) is 30.3 Å². The van der Waals surface area contributed by atoms with Crippen LogP contribution in [0.3, 0.4) is 0 Å². The van der Waals surface area contributed by atoms with Crippen LogP contribution in [0.25, 0.3) is 0 Å². The van der Waals surface area contributed by atoms with E-state index in [9.17, 15) is 9.59 Å². The summed E-state index contributed by atoms with van der Waals surface area (Å²) in [6.45, 7) is 1.69. The summed E-state index contributed by atoms with van der Waals surface area (Å²) in [7, 11) is 0. The average molecular weight is 236 g/mol. The number of nitrogens with one attached hydrogen (secondary N) is 1. The average Bonchev–Trinajstić information content (AvgIpc) is 2.35. The van der Waals surface area contributed by atoms with Crippen LogP contribution in [0.2, 0.25) is 0 Å². The van der Waals surface area contributed by atoms with Crippen LogP contribution >= 0.6 is 0 Å². The van der Waals surface area contributed by atoms with Crippen molar-refractivity contribution in [3.8, 4) is 0 Å². The van der Waals surface area contributed by atoms with Gasteiger partial charge in [-0.1, -0.05) is 37.3 Å². The highest BCUT2D eigenvalue weighted by Crippen LogP contribution is 2.09. The third kappa shape index (κ3) is 3.57. The van der Waals surface area contributed by atoms with Gasteiger partial charge in [-0.2, -0.15) is 0 Å². The Balaban J connectivity index is 2.68. The zero-order valence-electron chi connectivity index (χ0n) is 9.59. The Morgan fingerprint density at radius 2 is 1.94 bits per heavy atom. The molecular formula is C12H16N2O3. The predicted molar refractivity (Wildman–Crippen MR) is 63.2 cm³/mol. The summed E-state index contributed by atoms with van der Waals surface area (Å²) in [5, 5.41) is 11.2. The zero-order valence-corrected chi connectivity index (χ0v) is 9.59. The molecule has 0 heterocycles. The van der Waals surface area contributed by atoms with E-state index >= 15 is 0 Å². The van der Waals surface area contributed by atoms with Crippen molar-refractivity contribution in [1.82, 2.24) is 5.32 Å². The van der Waals surface area contributed by atoms with E-state index in [0.717, 1.165) is 0 Å². The Bertz CT molecular complexity index is 392. The van der Waals surface area contributed by atoms with Gasteiger partial charge in [-0.3, -0.25) is 4.79 Å². The van der Waals surface area contributed by atoms with Crippen molar-refractivity contribution in [2.45, 2.75) is 25.4 Å². The molecule has 0 saturated carbocycles. The van der Waals surface area contributed by atoms with Gasteiger partial charge in [0.25, 0.3) is 0 Å². The van der Waals surface area contributed by atoms with Gasteiger partial charge in [-0.05, 0) is 12.0 Å². The number of hydrogen-bond acceptors (Lipinski definition) is 3. The fourth-order valence-electron chi connectivity index (χ4n) is 1.41. The Morgan fingerprint density at radius 1 is 1.35 bits per heavy atom. The van der Waals surface area contributed by atoms with E-state index in [1.807, 2.05) is 6.07 Å². The lowest BCUT2D eigenvalue weighted by molar-refractivity contribution is -0.142. The Kier molecular flexibility index (Phi) is 4.66. The maximum Gasteiger partial charge on any atom is 0.326 e. The van der Waals surface area contributed by atoms with Crippen LogP contribution in [0, 0.1) is 0 Å². The maximum atomic E-state index is 11.7. The summed E-state index contributed by atoms with van der Waals surface area (Å²) in [6, 6.07) is 7.09. The van der Waals surface area contributed by atoms with E-state index < -0.39 is 24.0 Å². The van der Waals surface area contributed by atoms with Crippen molar-refractivity contribution in [1.29, 1.82) is 0 Å². The molecule has 0 bridgehead atoms. The number of hydrogen-bond donors (Lipinski definition) is 3. The summed E-state index contributed by atoms with van der Waals surface area (Å²) in [5.74, 6) is -1.54. The van der Waals surface area contributed by atoms with Gasteiger partial charge in [0.2, 0.25) is 5.91 Å². The first-order valence-corrected chi connectivity index (χ1v) is 5.40. The van der Waals surface area contributed by atoms with Crippen LogP contribution in [-0.4, -0.2) is 23.0 Å². The van der Waals surface area contributed by atoms with E-state index in [0.29, 0.717) is 12.0 Å². The molecule has 1 amide bonds. The largest absolute Gasteiger partial charge is 0.480 e. The highest BCUT2D eigenvalue weighted by Gasteiger charge is 2.22. The minimum absolute atomic E-state index is 0.322. The number of amides is 1. The molecule has 0 aliphatic rings. The molecule has 0 unspecified atom stereocenters. The van der Waals surface area contributed by atoms with E-state index in [-0.39, 0.29) is 0 Å². The lowest BCUT2D eigenvalue weighted by atomic mass is 10.1. The monoisotopic (exact) mass is 236 g/mol. The molecule has 0 fully saturated rings. The molecule has 92 valence electrons. The number of nitrogens with two attached hydrogens (primary N) is 1. The topological polar surface area (TPSA) is 92.4 Å². The van der Waals surface area contributed by atoms with Crippen LogP contribution in [0.5, 0.6) is 0 Å². The van der Waals surface area contributed by atoms with Gasteiger partial charge in [0.15, 0.2) is 0 Å². The summed E-state index contributed by atoms with van der Waals surface area (Å²) in [6.07, 6.45) is 0.322. The minimum atomic E-state index is -1.05. The van der Waals surface area contributed by atoms with Gasteiger partial charge in [0.1, 0.15) is 12.1 Å². The molecule has 0 aliphatic carbocycles. The normalized spacial score (nSPS) is 13.8. The summed E-state index contributed by atoms with van der Waals surface area (Å²) in [4.78, 5) is 22.5. The van der Waals surface area contributed by atoms with Crippen LogP contribution in [-0.2, 0) is 9.59 Å². The molecule has 1 aromatic carbocycles. The first-order chi connectivity index (χ1) is 8.06. The number of carboxylic acid groups (broad SMARTS) is 1. The third-order valence-corrected chi connectivity index (χ3v) is 2.46. The molecule has 2 atom stereocenters. The fourth-order valence-corrected chi connectivity index (χ4v) is 1.41. The molecule has 0 radical (unpaired) electrons.